The minimum Gasteiger partial charge on any atom is -0.493 e. The van der Waals surface area contributed by atoms with Gasteiger partial charge in [-0.3, -0.25) is 14.5 Å². The van der Waals surface area contributed by atoms with Crippen LogP contribution in [0.4, 0.5) is 0 Å². The molecule has 0 spiro atoms. The lowest BCUT2D eigenvalue weighted by Gasteiger charge is -2.26. The molecule has 0 bridgehead atoms. The third kappa shape index (κ3) is 7.84. The molecule has 8 nitrogen and oxygen atoms in total. The van der Waals surface area contributed by atoms with E-state index in [4.69, 9.17) is 19.3 Å². The van der Waals surface area contributed by atoms with Crippen molar-refractivity contribution in [3.8, 4) is 11.5 Å². The number of hydrogen-bond acceptors (Lipinski definition) is 6. The van der Waals surface area contributed by atoms with Crippen LogP contribution >= 0.6 is 0 Å². The quantitative estimate of drug-likeness (QED) is 0.589. The van der Waals surface area contributed by atoms with Gasteiger partial charge >= 0.3 is 5.97 Å². The van der Waals surface area contributed by atoms with Crippen LogP contribution in [-0.4, -0.2) is 75.0 Å². The van der Waals surface area contributed by atoms with Gasteiger partial charge in [-0.2, -0.15) is 0 Å². The number of methoxy groups -OCH3 is 1. The number of carbonyl (C=O) groups is 2. The summed E-state index contributed by atoms with van der Waals surface area (Å²) in [5, 5.41) is 11.3. The minimum absolute atomic E-state index is 0.00610. The Balaban J connectivity index is 1.79. The predicted octanol–water partition coefficient (Wildman–Crippen LogP) is 0.930. The van der Waals surface area contributed by atoms with Crippen LogP contribution in [0.15, 0.2) is 18.2 Å². The molecule has 1 heterocycles. The lowest BCUT2D eigenvalue weighted by molar-refractivity contribution is -0.138. The first kappa shape index (κ1) is 21.0. The second kappa shape index (κ2) is 11.4. The number of benzene rings is 1. The standard InChI is InChI=1S/C19H28N2O6/c1-25-16-3-2-15(6-7-20-18(22)4-5-19(23)24)14-17(16)27-13-10-21-8-11-26-12-9-21/h2-3,14H,4-13H2,1H3,(H,20,22)(H,23,24). The van der Waals surface area contributed by atoms with Gasteiger partial charge in [0.2, 0.25) is 5.91 Å². The van der Waals surface area contributed by atoms with Crippen molar-refractivity contribution in [1.29, 1.82) is 0 Å². The van der Waals surface area contributed by atoms with Gasteiger partial charge < -0.3 is 24.6 Å². The largest absolute Gasteiger partial charge is 0.493 e. The molecule has 1 aromatic carbocycles. The lowest BCUT2D eigenvalue weighted by Crippen LogP contribution is -2.38. The zero-order valence-electron chi connectivity index (χ0n) is 15.7. The molecule has 8 heteroatoms. The number of morpholine rings is 1. The third-order valence-corrected chi connectivity index (χ3v) is 4.30. The Morgan fingerprint density at radius 2 is 2.00 bits per heavy atom. The summed E-state index contributed by atoms with van der Waals surface area (Å²) in [5.74, 6) is 0.124. The van der Waals surface area contributed by atoms with Crippen LogP contribution in [-0.2, 0) is 20.7 Å². The summed E-state index contributed by atoms with van der Waals surface area (Å²) < 4.78 is 16.6. The van der Waals surface area contributed by atoms with Crippen LogP contribution in [0.25, 0.3) is 0 Å². The molecule has 1 aliphatic rings. The molecule has 0 aliphatic carbocycles. The van der Waals surface area contributed by atoms with Crippen LogP contribution in [0.1, 0.15) is 18.4 Å². The molecule has 1 amide bonds. The Labute approximate surface area is 159 Å². The molecular formula is C19H28N2O6. The normalized spacial score (nSPS) is 14.6. The van der Waals surface area contributed by atoms with Gasteiger partial charge in [-0.1, -0.05) is 6.07 Å². The molecule has 0 atom stereocenters. The van der Waals surface area contributed by atoms with Crippen molar-refractivity contribution in [3.63, 3.8) is 0 Å². The first-order valence-corrected chi connectivity index (χ1v) is 9.17. The number of aliphatic carboxylic acids is 1. The summed E-state index contributed by atoms with van der Waals surface area (Å²) in [4.78, 5) is 24.3. The van der Waals surface area contributed by atoms with Crippen molar-refractivity contribution in [3.05, 3.63) is 23.8 Å². The highest BCUT2D eigenvalue weighted by Gasteiger charge is 2.11. The molecule has 0 radical (unpaired) electrons. The van der Waals surface area contributed by atoms with E-state index >= 15 is 0 Å². The second-order valence-corrected chi connectivity index (χ2v) is 6.28. The summed E-state index contributed by atoms with van der Waals surface area (Å²) in [7, 11) is 1.60. The van der Waals surface area contributed by atoms with E-state index in [9.17, 15) is 9.59 Å². The first-order chi connectivity index (χ1) is 13.1. The van der Waals surface area contributed by atoms with Crippen LogP contribution in [0, 0.1) is 0 Å². The van der Waals surface area contributed by atoms with E-state index in [0.717, 1.165) is 38.4 Å². The Bertz CT molecular complexity index is 616. The van der Waals surface area contributed by atoms with Crippen molar-refractivity contribution in [1.82, 2.24) is 10.2 Å². The molecule has 1 saturated heterocycles. The third-order valence-electron chi connectivity index (χ3n) is 4.30. The highest BCUT2D eigenvalue weighted by Crippen LogP contribution is 2.28. The number of nitrogens with zero attached hydrogens (tertiary/aromatic N) is 1. The maximum absolute atomic E-state index is 11.6. The van der Waals surface area contributed by atoms with E-state index in [-0.39, 0.29) is 18.7 Å². The van der Waals surface area contributed by atoms with E-state index in [2.05, 4.69) is 10.2 Å². The molecule has 1 fully saturated rings. The fourth-order valence-electron chi connectivity index (χ4n) is 2.75. The molecule has 150 valence electrons. The molecular weight excluding hydrogens is 352 g/mol. The summed E-state index contributed by atoms with van der Waals surface area (Å²) in [6, 6.07) is 5.70. The summed E-state index contributed by atoms with van der Waals surface area (Å²) in [6.07, 6.45) is 0.464. The molecule has 2 N–H and O–H groups in total. The maximum atomic E-state index is 11.6. The number of nitrogens with one attached hydrogen (secondary N) is 1. The van der Waals surface area contributed by atoms with Gasteiger partial charge in [0.1, 0.15) is 6.61 Å². The average Bonchev–Trinajstić information content (AvgIpc) is 2.67. The minimum atomic E-state index is -0.973. The molecule has 27 heavy (non-hydrogen) atoms. The molecule has 0 saturated carbocycles. The van der Waals surface area contributed by atoms with Crippen LogP contribution in [0.3, 0.4) is 0 Å². The molecule has 0 aromatic heterocycles. The summed E-state index contributed by atoms with van der Waals surface area (Å²) in [5.41, 5.74) is 1.01. The summed E-state index contributed by atoms with van der Waals surface area (Å²) >= 11 is 0. The molecule has 1 aliphatic heterocycles. The zero-order valence-corrected chi connectivity index (χ0v) is 15.7. The van der Waals surface area contributed by atoms with E-state index in [1.54, 1.807) is 7.11 Å². The number of carbonyl (C=O) groups excluding carboxylic acids is 1. The van der Waals surface area contributed by atoms with Gasteiger partial charge in [-0.05, 0) is 24.1 Å². The Hall–Kier alpha value is -2.32. The van der Waals surface area contributed by atoms with Crippen LogP contribution in [0.5, 0.6) is 11.5 Å². The van der Waals surface area contributed by atoms with Crippen molar-refractivity contribution >= 4 is 11.9 Å². The second-order valence-electron chi connectivity index (χ2n) is 6.28. The van der Waals surface area contributed by atoms with Crippen molar-refractivity contribution < 1.29 is 28.9 Å². The Morgan fingerprint density at radius 1 is 1.22 bits per heavy atom. The predicted molar refractivity (Wildman–Crippen MR) is 99.3 cm³/mol. The first-order valence-electron chi connectivity index (χ1n) is 9.17. The lowest BCUT2D eigenvalue weighted by atomic mass is 10.1. The van der Waals surface area contributed by atoms with Gasteiger partial charge in [0.15, 0.2) is 11.5 Å². The van der Waals surface area contributed by atoms with Gasteiger partial charge in [0, 0.05) is 32.6 Å². The summed E-state index contributed by atoms with van der Waals surface area (Å²) in [6.45, 7) is 5.19. The zero-order chi connectivity index (χ0) is 19.5. The van der Waals surface area contributed by atoms with E-state index in [1.165, 1.54) is 0 Å². The van der Waals surface area contributed by atoms with Crippen molar-refractivity contribution in [2.24, 2.45) is 0 Å². The Kier molecular flexibility index (Phi) is 8.86. The number of amides is 1. The van der Waals surface area contributed by atoms with Crippen LogP contribution in [0.2, 0.25) is 0 Å². The number of hydrogen-bond donors (Lipinski definition) is 2. The van der Waals surface area contributed by atoms with E-state index in [0.29, 0.717) is 31.1 Å². The average molecular weight is 380 g/mol. The smallest absolute Gasteiger partial charge is 0.303 e. The van der Waals surface area contributed by atoms with Crippen LogP contribution < -0.4 is 14.8 Å². The SMILES string of the molecule is COc1ccc(CCNC(=O)CCC(=O)O)cc1OCCN1CCOCC1. The maximum Gasteiger partial charge on any atom is 0.303 e. The molecule has 1 aromatic rings. The number of carboxylic acid groups (broad SMARTS) is 1. The fraction of sp³-hybridized carbons (Fsp3) is 0.579. The highest BCUT2D eigenvalue weighted by atomic mass is 16.5. The molecule has 0 unspecified atom stereocenters. The van der Waals surface area contributed by atoms with Gasteiger partial charge in [0.05, 0.1) is 26.7 Å². The Morgan fingerprint density at radius 3 is 2.70 bits per heavy atom. The fourth-order valence-corrected chi connectivity index (χ4v) is 2.75. The van der Waals surface area contributed by atoms with Crippen molar-refractivity contribution in [2.45, 2.75) is 19.3 Å². The number of ether oxygens (including phenoxy) is 3. The van der Waals surface area contributed by atoms with E-state index in [1.807, 2.05) is 18.2 Å². The number of rotatable bonds is 11. The highest BCUT2D eigenvalue weighted by molar-refractivity contribution is 5.80. The molecule has 2 rings (SSSR count). The van der Waals surface area contributed by atoms with Gasteiger partial charge in [0.25, 0.3) is 0 Å². The topological polar surface area (TPSA) is 97.3 Å². The monoisotopic (exact) mass is 380 g/mol. The van der Waals surface area contributed by atoms with Gasteiger partial charge in [-0.25, -0.2) is 0 Å². The van der Waals surface area contributed by atoms with E-state index < -0.39 is 5.97 Å². The van der Waals surface area contributed by atoms with Gasteiger partial charge in [-0.15, -0.1) is 0 Å². The number of carboxylic acids is 1. The van der Waals surface area contributed by atoms with Crippen molar-refractivity contribution in [2.75, 3.05) is 53.1 Å².